The number of anilines is 1. The fraction of sp³-hybridized carbons (Fsp3) is 0.478. The molecule has 8 nitrogen and oxygen atoms in total. The monoisotopic (exact) mass is 508 g/mol. The third-order valence-electron chi connectivity index (χ3n) is 5.86. The van der Waals surface area contributed by atoms with Gasteiger partial charge in [-0.15, -0.1) is 0 Å². The summed E-state index contributed by atoms with van der Waals surface area (Å²) >= 11 is 0.914. The third-order valence-corrected chi connectivity index (χ3v) is 6.85. The van der Waals surface area contributed by atoms with Gasteiger partial charge in [-0.3, -0.25) is 14.2 Å². The highest BCUT2D eigenvalue weighted by Crippen LogP contribution is 2.34. The van der Waals surface area contributed by atoms with Gasteiger partial charge in [0.05, 0.1) is 0 Å². The molecule has 1 aliphatic heterocycles. The van der Waals surface area contributed by atoms with Crippen molar-refractivity contribution in [1.29, 1.82) is 0 Å². The molecule has 0 saturated carbocycles. The first-order valence-corrected chi connectivity index (χ1v) is 12.2. The molecule has 0 bridgehead atoms. The molecule has 1 aliphatic rings. The highest BCUT2D eigenvalue weighted by molar-refractivity contribution is 7.21. The van der Waals surface area contributed by atoms with Gasteiger partial charge in [-0.2, -0.15) is 13.2 Å². The van der Waals surface area contributed by atoms with Crippen LogP contribution in [0, 0.1) is 0 Å². The number of aromatic nitrogens is 3. The predicted octanol–water partition coefficient (Wildman–Crippen LogP) is 3.11. The molecule has 0 radical (unpaired) electrons. The molecule has 3 heterocycles. The van der Waals surface area contributed by atoms with E-state index in [0.29, 0.717) is 42.2 Å². The van der Waals surface area contributed by atoms with E-state index >= 15 is 0 Å². The molecule has 3 aromatic rings. The summed E-state index contributed by atoms with van der Waals surface area (Å²) in [6, 6.07) is 8.98. The zero-order valence-corrected chi connectivity index (χ0v) is 20.3. The molecule has 188 valence electrons. The standard InChI is InChI=1S/C23H27F3N6O2S/c1-30(2)11-7-13-32-20(34)17-19(29-21(32)23(24,25)26)35-22(28-17)31-12-6-10-16(31)18(33)27-14-15-8-4-3-5-9-15/h3-5,8-9,16H,6-7,10-14H2,1-2H3,(H,27,33). The zero-order valence-electron chi connectivity index (χ0n) is 19.5. The van der Waals surface area contributed by atoms with Crippen molar-refractivity contribution in [2.75, 3.05) is 32.1 Å². The van der Waals surface area contributed by atoms with Crippen LogP contribution in [0.2, 0.25) is 0 Å². The van der Waals surface area contributed by atoms with Crippen LogP contribution >= 0.6 is 11.3 Å². The van der Waals surface area contributed by atoms with Crippen LogP contribution in [-0.4, -0.2) is 58.6 Å². The Kier molecular flexibility index (Phi) is 7.41. The summed E-state index contributed by atoms with van der Waals surface area (Å²) in [5, 5.41) is 3.25. The normalized spacial score (nSPS) is 16.4. The Labute approximate surface area is 204 Å². The molecule has 12 heteroatoms. The number of fused-ring (bicyclic) bond motifs is 1. The van der Waals surface area contributed by atoms with Crippen molar-refractivity contribution in [1.82, 2.24) is 24.8 Å². The molecule has 1 atom stereocenters. The fourth-order valence-corrected chi connectivity index (χ4v) is 5.17. The molecule has 2 aromatic heterocycles. The molecule has 35 heavy (non-hydrogen) atoms. The van der Waals surface area contributed by atoms with Gasteiger partial charge in [0.1, 0.15) is 6.04 Å². The van der Waals surface area contributed by atoms with Crippen LogP contribution in [0.5, 0.6) is 0 Å². The minimum atomic E-state index is -4.77. The predicted molar refractivity (Wildman–Crippen MR) is 129 cm³/mol. The molecule has 1 amide bonds. The first-order chi connectivity index (χ1) is 16.6. The van der Waals surface area contributed by atoms with Crippen molar-refractivity contribution < 1.29 is 18.0 Å². The number of thiazole rings is 1. The second kappa shape index (κ2) is 10.3. The summed E-state index contributed by atoms with van der Waals surface area (Å²) < 4.78 is 41.9. The summed E-state index contributed by atoms with van der Waals surface area (Å²) in [4.78, 5) is 37.6. The van der Waals surface area contributed by atoms with E-state index in [1.807, 2.05) is 49.3 Å². The molecule has 4 rings (SSSR count). The van der Waals surface area contributed by atoms with Crippen LogP contribution < -0.4 is 15.8 Å². The number of benzene rings is 1. The van der Waals surface area contributed by atoms with Gasteiger partial charge < -0.3 is 15.1 Å². The van der Waals surface area contributed by atoms with Crippen LogP contribution in [0.1, 0.15) is 30.7 Å². The first-order valence-electron chi connectivity index (χ1n) is 11.4. The third kappa shape index (κ3) is 5.64. The van der Waals surface area contributed by atoms with E-state index in [-0.39, 0.29) is 22.8 Å². The van der Waals surface area contributed by atoms with Crippen LogP contribution in [0.15, 0.2) is 35.1 Å². The molecule has 1 saturated heterocycles. The number of nitrogens with one attached hydrogen (secondary N) is 1. The Hall–Kier alpha value is -2.99. The minimum absolute atomic E-state index is 0.0727. The highest BCUT2D eigenvalue weighted by Gasteiger charge is 2.39. The van der Waals surface area contributed by atoms with Gasteiger partial charge in [0.15, 0.2) is 15.5 Å². The summed E-state index contributed by atoms with van der Waals surface area (Å²) in [6.45, 7) is 1.30. The lowest BCUT2D eigenvalue weighted by Gasteiger charge is -2.23. The average Bonchev–Trinajstić information content (AvgIpc) is 3.46. The number of alkyl halides is 3. The summed E-state index contributed by atoms with van der Waals surface area (Å²) in [5.74, 6) is -1.40. The second-order valence-electron chi connectivity index (χ2n) is 8.75. The zero-order chi connectivity index (χ0) is 25.2. The number of hydrogen-bond acceptors (Lipinski definition) is 7. The smallest absolute Gasteiger partial charge is 0.350 e. The van der Waals surface area contributed by atoms with E-state index in [4.69, 9.17) is 0 Å². The van der Waals surface area contributed by atoms with Gasteiger partial charge >= 0.3 is 6.18 Å². The molecule has 1 fully saturated rings. The maximum Gasteiger partial charge on any atom is 0.449 e. The van der Waals surface area contributed by atoms with Crippen molar-refractivity contribution in [2.45, 2.75) is 44.6 Å². The van der Waals surface area contributed by atoms with Gasteiger partial charge in [0.25, 0.3) is 5.56 Å². The lowest BCUT2D eigenvalue weighted by Crippen LogP contribution is -2.43. The Balaban J connectivity index is 1.61. The summed E-state index contributed by atoms with van der Waals surface area (Å²) in [6.07, 6.45) is -3.10. The molecule has 0 aliphatic carbocycles. The topological polar surface area (TPSA) is 83.4 Å². The Bertz CT molecular complexity index is 1240. The number of nitrogens with zero attached hydrogens (tertiary/aromatic N) is 5. The number of halogens is 3. The quantitative estimate of drug-likeness (QED) is 0.504. The molecule has 1 aromatic carbocycles. The molecular formula is C23H27F3N6O2S. The van der Waals surface area contributed by atoms with Crippen LogP contribution in [0.3, 0.4) is 0 Å². The average molecular weight is 509 g/mol. The molecule has 1 N–H and O–H groups in total. The van der Waals surface area contributed by atoms with Gasteiger partial charge in [-0.25, -0.2) is 9.97 Å². The SMILES string of the molecule is CN(C)CCCn1c(C(F)(F)F)nc2sc(N3CCCC3C(=O)NCc3ccccc3)nc2c1=O. The van der Waals surface area contributed by atoms with Crippen molar-refractivity contribution >= 4 is 32.7 Å². The van der Waals surface area contributed by atoms with Crippen LogP contribution in [-0.2, 0) is 24.1 Å². The van der Waals surface area contributed by atoms with E-state index in [1.165, 1.54) is 0 Å². The van der Waals surface area contributed by atoms with Crippen molar-refractivity contribution in [3.8, 4) is 0 Å². The lowest BCUT2D eigenvalue weighted by atomic mass is 10.2. The Morgan fingerprint density at radius 1 is 1.23 bits per heavy atom. The van der Waals surface area contributed by atoms with E-state index in [1.54, 1.807) is 4.90 Å². The van der Waals surface area contributed by atoms with E-state index in [9.17, 15) is 22.8 Å². The molecule has 0 spiro atoms. The van der Waals surface area contributed by atoms with E-state index in [0.717, 1.165) is 23.3 Å². The first kappa shape index (κ1) is 25.1. The Morgan fingerprint density at radius 2 is 1.97 bits per heavy atom. The van der Waals surface area contributed by atoms with Crippen molar-refractivity contribution in [3.05, 3.63) is 52.1 Å². The number of hydrogen-bond donors (Lipinski definition) is 1. The van der Waals surface area contributed by atoms with Gasteiger partial charge in [-0.05, 0) is 45.5 Å². The van der Waals surface area contributed by atoms with Crippen LogP contribution in [0.25, 0.3) is 10.3 Å². The number of amides is 1. The molecular weight excluding hydrogens is 481 g/mol. The van der Waals surface area contributed by atoms with Crippen molar-refractivity contribution in [3.63, 3.8) is 0 Å². The van der Waals surface area contributed by atoms with E-state index in [2.05, 4.69) is 15.3 Å². The van der Waals surface area contributed by atoms with E-state index < -0.39 is 23.6 Å². The number of rotatable bonds is 8. The van der Waals surface area contributed by atoms with Crippen LogP contribution in [0.4, 0.5) is 18.3 Å². The largest absolute Gasteiger partial charge is 0.449 e. The van der Waals surface area contributed by atoms with Crippen molar-refractivity contribution in [2.24, 2.45) is 0 Å². The van der Waals surface area contributed by atoms with Gasteiger partial charge in [0.2, 0.25) is 11.7 Å². The molecule has 1 unspecified atom stereocenters. The maximum atomic E-state index is 13.7. The van der Waals surface area contributed by atoms with Gasteiger partial charge in [-0.1, -0.05) is 41.7 Å². The van der Waals surface area contributed by atoms with Gasteiger partial charge in [0, 0.05) is 19.6 Å². The Morgan fingerprint density at radius 3 is 2.66 bits per heavy atom. The number of carbonyl (C=O) groups excluding carboxylic acids is 1. The highest BCUT2D eigenvalue weighted by atomic mass is 32.1. The number of carbonyl (C=O) groups is 1. The maximum absolute atomic E-state index is 13.7. The second-order valence-corrected chi connectivity index (χ2v) is 9.71. The minimum Gasteiger partial charge on any atom is -0.350 e. The summed E-state index contributed by atoms with van der Waals surface area (Å²) in [5.41, 5.74) is 0.0511. The summed E-state index contributed by atoms with van der Waals surface area (Å²) in [7, 11) is 3.62. The fourth-order valence-electron chi connectivity index (χ4n) is 4.16. The lowest BCUT2D eigenvalue weighted by molar-refractivity contribution is -0.148.